The van der Waals surface area contributed by atoms with Crippen LogP contribution in [0, 0.1) is 17.2 Å². The van der Waals surface area contributed by atoms with Crippen LogP contribution < -0.4 is 18.9 Å². The Labute approximate surface area is 234 Å². The van der Waals surface area contributed by atoms with Crippen LogP contribution in [0.3, 0.4) is 0 Å². The lowest BCUT2D eigenvalue weighted by Crippen LogP contribution is -2.32. The van der Waals surface area contributed by atoms with Crippen molar-refractivity contribution in [3.05, 3.63) is 83.4 Å². The zero-order valence-electron chi connectivity index (χ0n) is 24.2. The fraction of sp³-hybridized carbons (Fsp3) is 0.424. The summed E-state index contributed by atoms with van der Waals surface area (Å²) in [5.74, 6) is 2.97. The van der Waals surface area contributed by atoms with Crippen LogP contribution >= 0.6 is 0 Å². The lowest BCUT2D eigenvalue weighted by molar-refractivity contribution is 0.283. The fourth-order valence-electron chi connectivity index (χ4n) is 4.91. The van der Waals surface area contributed by atoms with Crippen LogP contribution in [-0.4, -0.2) is 46.4 Å². The van der Waals surface area contributed by atoms with Gasteiger partial charge in [0.25, 0.3) is 0 Å². The largest absolute Gasteiger partial charge is 0.493 e. The first kappa shape index (κ1) is 29.9. The number of nitriles is 1. The van der Waals surface area contributed by atoms with Crippen molar-refractivity contribution in [2.45, 2.75) is 45.1 Å². The second kappa shape index (κ2) is 14.5. The van der Waals surface area contributed by atoms with Gasteiger partial charge in [-0.1, -0.05) is 56.3 Å². The van der Waals surface area contributed by atoms with E-state index in [9.17, 15) is 5.26 Å². The molecule has 0 fully saturated rings. The predicted molar refractivity (Wildman–Crippen MR) is 156 cm³/mol. The molecule has 0 unspecified atom stereocenters. The van der Waals surface area contributed by atoms with Crippen molar-refractivity contribution in [3.63, 3.8) is 0 Å². The molecule has 3 aromatic carbocycles. The summed E-state index contributed by atoms with van der Waals surface area (Å²) in [7, 11) is 7.06. The summed E-state index contributed by atoms with van der Waals surface area (Å²) in [6, 6.07) is 24.8. The van der Waals surface area contributed by atoms with Crippen molar-refractivity contribution in [3.8, 4) is 29.1 Å². The maximum Gasteiger partial charge on any atom is 0.161 e. The first-order chi connectivity index (χ1) is 18.9. The van der Waals surface area contributed by atoms with E-state index in [1.54, 1.807) is 21.3 Å². The Morgan fingerprint density at radius 1 is 0.795 bits per heavy atom. The SMILES string of the molecule is COc1ccc([C@@](C#N)(CCCN(C)CCc2ccc(OCc3ccccc3)c(OC)c2)C(C)C)cc1OC. The summed E-state index contributed by atoms with van der Waals surface area (Å²) in [5.41, 5.74) is 2.70. The Hall–Kier alpha value is -3.69. The summed E-state index contributed by atoms with van der Waals surface area (Å²) in [4.78, 5) is 2.32. The number of hydrogen-bond acceptors (Lipinski definition) is 6. The van der Waals surface area contributed by atoms with Gasteiger partial charge in [-0.3, -0.25) is 0 Å². The standard InChI is InChI=1S/C33H42N2O4/c1-25(2)33(24-34,28-14-16-29(36-4)32(22-28)38-6)18-10-19-35(3)20-17-26-13-15-30(31(21-26)37-5)39-23-27-11-8-7-9-12-27/h7-9,11-16,21-22,25H,10,17-20,23H2,1-6H3/t33-/m1/s1. The molecule has 0 bridgehead atoms. The molecule has 0 radical (unpaired) electrons. The van der Waals surface area contributed by atoms with Crippen molar-refractivity contribution in [2.75, 3.05) is 41.5 Å². The van der Waals surface area contributed by atoms with Crippen molar-refractivity contribution in [1.82, 2.24) is 4.90 Å². The highest BCUT2D eigenvalue weighted by Crippen LogP contribution is 2.40. The van der Waals surface area contributed by atoms with E-state index in [0.717, 1.165) is 55.0 Å². The van der Waals surface area contributed by atoms with Gasteiger partial charge in [0.1, 0.15) is 6.61 Å². The van der Waals surface area contributed by atoms with Crippen LogP contribution in [0.25, 0.3) is 0 Å². The molecule has 0 spiro atoms. The highest BCUT2D eigenvalue weighted by molar-refractivity contribution is 5.47. The zero-order chi connectivity index (χ0) is 28.3. The summed E-state index contributed by atoms with van der Waals surface area (Å²) in [6.45, 7) is 6.54. The Balaban J connectivity index is 1.57. The molecule has 3 rings (SSSR count). The van der Waals surface area contributed by atoms with E-state index < -0.39 is 5.41 Å². The monoisotopic (exact) mass is 530 g/mol. The number of rotatable bonds is 15. The zero-order valence-corrected chi connectivity index (χ0v) is 24.2. The van der Waals surface area contributed by atoms with Gasteiger partial charge in [0.15, 0.2) is 23.0 Å². The van der Waals surface area contributed by atoms with Gasteiger partial charge in [0, 0.05) is 6.54 Å². The van der Waals surface area contributed by atoms with Gasteiger partial charge in [-0.25, -0.2) is 0 Å². The summed E-state index contributed by atoms with van der Waals surface area (Å²) < 4.78 is 22.5. The van der Waals surface area contributed by atoms with Crippen LogP contribution in [-0.2, 0) is 18.4 Å². The molecule has 0 aliphatic heterocycles. The molecule has 0 heterocycles. The van der Waals surface area contributed by atoms with Crippen LogP contribution in [0.2, 0.25) is 0 Å². The van der Waals surface area contributed by atoms with E-state index in [-0.39, 0.29) is 5.92 Å². The van der Waals surface area contributed by atoms with E-state index in [2.05, 4.69) is 44.0 Å². The van der Waals surface area contributed by atoms with Crippen LogP contribution in [0.4, 0.5) is 0 Å². The number of hydrogen-bond donors (Lipinski definition) is 0. The first-order valence-electron chi connectivity index (χ1n) is 13.5. The molecule has 0 aliphatic carbocycles. The van der Waals surface area contributed by atoms with E-state index in [4.69, 9.17) is 18.9 Å². The average Bonchev–Trinajstić information content (AvgIpc) is 2.97. The average molecular weight is 531 g/mol. The highest BCUT2D eigenvalue weighted by atomic mass is 16.5. The van der Waals surface area contributed by atoms with Gasteiger partial charge in [-0.15, -0.1) is 0 Å². The molecule has 6 heteroatoms. The van der Waals surface area contributed by atoms with E-state index in [1.807, 2.05) is 54.6 Å². The van der Waals surface area contributed by atoms with E-state index in [0.29, 0.717) is 18.1 Å². The number of likely N-dealkylation sites (N-methyl/N-ethyl adjacent to an activating group) is 1. The van der Waals surface area contributed by atoms with Crippen molar-refractivity contribution in [2.24, 2.45) is 5.92 Å². The van der Waals surface area contributed by atoms with Gasteiger partial charge in [0.2, 0.25) is 0 Å². The minimum atomic E-state index is -0.594. The van der Waals surface area contributed by atoms with Crippen molar-refractivity contribution >= 4 is 0 Å². The third-order valence-electron chi connectivity index (χ3n) is 7.44. The topological polar surface area (TPSA) is 64.0 Å². The van der Waals surface area contributed by atoms with Crippen LogP contribution in [0.1, 0.15) is 43.4 Å². The molecule has 0 saturated heterocycles. The molecule has 1 atom stereocenters. The smallest absolute Gasteiger partial charge is 0.161 e. The Morgan fingerprint density at radius 3 is 2.10 bits per heavy atom. The first-order valence-corrected chi connectivity index (χ1v) is 13.5. The van der Waals surface area contributed by atoms with Crippen LogP contribution in [0.15, 0.2) is 66.7 Å². The third-order valence-corrected chi connectivity index (χ3v) is 7.44. The lowest BCUT2D eigenvalue weighted by atomic mass is 9.69. The number of benzene rings is 3. The van der Waals surface area contributed by atoms with Gasteiger partial charge in [-0.05, 0) is 79.7 Å². The van der Waals surface area contributed by atoms with E-state index >= 15 is 0 Å². The molecule has 0 aromatic heterocycles. The number of nitrogens with zero attached hydrogens (tertiary/aromatic N) is 2. The maximum atomic E-state index is 10.3. The predicted octanol–water partition coefficient (Wildman–Crippen LogP) is 6.66. The lowest BCUT2D eigenvalue weighted by Gasteiger charge is -2.32. The second-order valence-electron chi connectivity index (χ2n) is 10.2. The molecule has 6 nitrogen and oxygen atoms in total. The summed E-state index contributed by atoms with van der Waals surface area (Å²) in [6.07, 6.45) is 2.57. The summed E-state index contributed by atoms with van der Waals surface area (Å²) in [5, 5.41) is 10.3. The van der Waals surface area contributed by atoms with Crippen molar-refractivity contribution in [1.29, 1.82) is 5.26 Å². The number of methoxy groups -OCH3 is 3. The molecule has 0 aliphatic rings. The van der Waals surface area contributed by atoms with E-state index in [1.165, 1.54) is 5.56 Å². The molecule has 0 N–H and O–H groups in total. The normalized spacial score (nSPS) is 12.6. The highest BCUT2D eigenvalue weighted by Gasteiger charge is 2.36. The minimum absolute atomic E-state index is 0.154. The van der Waals surface area contributed by atoms with Gasteiger partial charge in [0.05, 0.1) is 32.8 Å². The van der Waals surface area contributed by atoms with Gasteiger partial charge in [-0.2, -0.15) is 5.26 Å². The summed E-state index contributed by atoms with van der Waals surface area (Å²) >= 11 is 0. The Kier molecular flexibility index (Phi) is 11.1. The number of ether oxygens (including phenoxy) is 4. The Bertz CT molecular complexity index is 1220. The fourth-order valence-corrected chi connectivity index (χ4v) is 4.91. The molecular formula is C33H42N2O4. The minimum Gasteiger partial charge on any atom is -0.493 e. The third kappa shape index (κ3) is 7.68. The molecule has 0 saturated carbocycles. The molecule has 39 heavy (non-hydrogen) atoms. The van der Waals surface area contributed by atoms with Gasteiger partial charge >= 0.3 is 0 Å². The quantitative estimate of drug-likeness (QED) is 0.219. The van der Waals surface area contributed by atoms with Crippen molar-refractivity contribution < 1.29 is 18.9 Å². The van der Waals surface area contributed by atoms with Gasteiger partial charge < -0.3 is 23.8 Å². The second-order valence-corrected chi connectivity index (χ2v) is 10.2. The molecule has 208 valence electrons. The maximum absolute atomic E-state index is 10.3. The Morgan fingerprint density at radius 2 is 1.46 bits per heavy atom. The van der Waals surface area contributed by atoms with Crippen LogP contribution in [0.5, 0.6) is 23.0 Å². The molecule has 3 aromatic rings. The molecular weight excluding hydrogens is 488 g/mol. The molecule has 0 amide bonds.